The third kappa shape index (κ3) is 3.64. The molecular formula is C21H29N5O. The molecule has 4 rings (SSSR count). The van der Waals surface area contributed by atoms with Gasteiger partial charge in [-0.05, 0) is 23.7 Å². The first-order valence-corrected chi connectivity index (χ1v) is 10.0. The van der Waals surface area contributed by atoms with Gasteiger partial charge in [-0.1, -0.05) is 31.2 Å². The summed E-state index contributed by atoms with van der Waals surface area (Å²) >= 11 is 0. The van der Waals surface area contributed by atoms with Crippen LogP contribution in [-0.4, -0.2) is 70.3 Å². The summed E-state index contributed by atoms with van der Waals surface area (Å²) in [6.45, 7) is 8.57. The second-order valence-corrected chi connectivity index (χ2v) is 7.60. The highest BCUT2D eigenvalue weighted by molar-refractivity contribution is 5.88. The largest absolute Gasteiger partial charge is 0.353 e. The minimum Gasteiger partial charge on any atom is -0.353 e. The fraction of sp³-hybridized carbons (Fsp3) is 0.524. The van der Waals surface area contributed by atoms with Gasteiger partial charge in [0.05, 0.1) is 6.54 Å². The van der Waals surface area contributed by atoms with E-state index in [0.717, 1.165) is 45.6 Å². The maximum absolute atomic E-state index is 13.4. The Labute approximate surface area is 161 Å². The monoisotopic (exact) mass is 367 g/mol. The molecule has 0 radical (unpaired) electrons. The van der Waals surface area contributed by atoms with Gasteiger partial charge in [0.2, 0.25) is 5.91 Å². The van der Waals surface area contributed by atoms with E-state index in [1.807, 2.05) is 16.9 Å². The maximum Gasteiger partial charge on any atom is 0.241 e. The molecule has 2 aromatic rings. The van der Waals surface area contributed by atoms with Crippen molar-refractivity contribution in [3.63, 3.8) is 0 Å². The maximum atomic E-state index is 13.4. The molecule has 1 aromatic heterocycles. The Hall–Kier alpha value is -2.18. The number of aromatic nitrogens is 2. The van der Waals surface area contributed by atoms with E-state index in [2.05, 4.69) is 51.4 Å². The van der Waals surface area contributed by atoms with E-state index in [0.29, 0.717) is 13.1 Å². The van der Waals surface area contributed by atoms with Crippen LogP contribution in [0.25, 0.3) is 0 Å². The van der Waals surface area contributed by atoms with Gasteiger partial charge < -0.3 is 10.2 Å². The lowest BCUT2D eigenvalue weighted by molar-refractivity contribution is -0.134. The molecule has 6 nitrogen and oxygen atoms in total. The van der Waals surface area contributed by atoms with Crippen LogP contribution in [0.5, 0.6) is 0 Å². The topological polar surface area (TPSA) is 53.4 Å². The Morgan fingerprint density at radius 3 is 2.41 bits per heavy atom. The molecular weight excluding hydrogens is 338 g/mol. The fourth-order valence-electron chi connectivity index (χ4n) is 4.50. The van der Waals surface area contributed by atoms with Crippen LogP contribution < -0.4 is 5.32 Å². The summed E-state index contributed by atoms with van der Waals surface area (Å²) < 4.78 is 1.86. The SMILES string of the molecule is CCN1CCN(C2(C(=O)NCCn3cccn3)Cc3ccccc3C2)CC1. The molecule has 144 valence electrons. The van der Waals surface area contributed by atoms with Crippen LogP contribution >= 0.6 is 0 Å². The molecule has 0 bridgehead atoms. The van der Waals surface area contributed by atoms with E-state index in [9.17, 15) is 4.79 Å². The van der Waals surface area contributed by atoms with E-state index >= 15 is 0 Å². The highest BCUT2D eigenvalue weighted by atomic mass is 16.2. The molecule has 1 fully saturated rings. The Bertz CT molecular complexity index is 740. The number of nitrogens with zero attached hydrogens (tertiary/aromatic N) is 4. The second-order valence-electron chi connectivity index (χ2n) is 7.60. The summed E-state index contributed by atoms with van der Waals surface area (Å²) in [6, 6.07) is 10.4. The van der Waals surface area contributed by atoms with Crippen LogP contribution in [0, 0.1) is 0 Å². The van der Waals surface area contributed by atoms with Gasteiger partial charge >= 0.3 is 0 Å². The smallest absolute Gasteiger partial charge is 0.241 e. The lowest BCUT2D eigenvalue weighted by Crippen LogP contribution is -2.64. The first-order chi connectivity index (χ1) is 13.2. The van der Waals surface area contributed by atoms with Crippen molar-refractivity contribution in [3.8, 4) is 0 Å². The number of hydrogen-bond donors (Lipinski definition) is 1. The zero-order valence-corrected chi connectivity index (χ0v) is 16.1. The number of benzene rings is 1. The fourth-order valence-corrected chi connectivity index (χ4v) is 4.50. The lowest BCUT2D eigenvalue weighted by atomic mass is 9.91. The first-order valence-electron chi connectivity index (χ1n) is 10.0. The van der Waals surface area contributed by atoms with Crippen molar-refractivity contribution in [2.24, 2.45) is 0 Å². The van der Waals surface area contributed by atoms with Gasteiger partial charge in [0, 0.05) is 58.0 Å². The van der Waals surface area contributed by atoms with Gasteiger partial charge in [-0.2, -0.15) is 5.10 Å². The number of fused-ring (bicyclic) bond motifs is 1. The van der Waals surface area contributed by atoms with Crippen LogP contribution in [0.4, 0.5) is 0 Å². The van der Waals surface area contributed by atoms with Crippen LogP contribution in [0.1, 0.15) is 18.1 Å². The molecule has 1 saturated heterocycles. The molecule has 0 saturated carbocycles. The van der Waals surface area contributed by atoms with E-state index < -0.39 is 5.54 Å². The number of rotatable bonds is 6. The number of piperazine rings is 1. The van der Waals surface area contributed by atoms with Crippen LogP contribution in [0.3, 0.4) is 0 Å². The molecule has 2 aliphatic rings. The molecule has 0 atom stereocenters. The Balaban J connectivity index is 1.49. The number of hydrogen-bond acceptors (Lipinski definition) is 4. The Morgan fingerprint density at radius 2 is 1.81 bits per heavy atom. The van der Waals surface area contributed by atoms with Crippen molar-refractivity contribution >= 4 is 5.91 Å². The summed E-state index contributed by atoms with van der Waals surface area (Å²) in [5, 5.41) is 7.42. The lowest BCUT2D eigenvalue weighted by Gasteiger charge is -2.44. The second kappa shape index (κ2) is 7.82. The molecule has 27 heavy (non-hydrogen) atoms. The highest BCUT2D eigenvalue weighted by Crippen LogP contribution is 2.35. The molecule has 0 spiro atoms. The summed E-state index contributed by atoms with van der Waals surface area (Å²) in [6.07, 6.45) is 5.31. The predicted octanol–water partition coefficient (Wildman–Crippen LogP) is 1.17. The molecule has 6 heteroatoms. The molecule has 1 aromatic carbocycles. The van der Waals surface area contributed by atoms with E-state index in [4.69, 9.17) is 0 Å². The number of carbonyl (C=O) groups excluding carboxylic acids is 1. The third-order valence-corrected chi connectivity index (χ3v) is 6.12. The van der Waals surface area contributed by atoms with Crippen molar-refractivity contribution in [1.29, 1.82) is 0 Å². The zero-order chi connectivity index (χ0) is 18.7. The third-order valence-electron chi connectivity index (χ3n) is 6.12. The van der Waals surface area contributed by atoms with Gasteiger partial charge in [0.15, 0.2) is 0 Å². The molecule has 1 N–H and O–H groups in total. The minimum atomic E-state index is -0.451. The summed E-state index contributed by atoms with van der Waals surface area (Å²) in [4.78, 5) is 18.3. The van der Waals surface area contributed by atoms with Crippen LogP contribution in [0.15, 0.2) is 42.7 Å². The number of nitrogens with one attached hydrogen (secondary N) is 1. The van der Waals surface area contributed by atoms with E-state index in [1.165, 1.54) is 11.1 Å². The Kier molecular flexibility index (Phi) is 5.27. The average molecular weight is 367 g/mol. The standard InChI is InChI=1S/C21H29N5O/c1-2-24-12-14-25(15-13-24)21(16-18-6-3-4-7-19(18)17-21)20(27)22-9-11-26-10-5-8-23-26/h3-8,10H,2,9,11-17H2,1H3,(H,22,27). The van der Waals surface area contributed by atoms with Gasteiger partial charge in [0.1, 0.15) is 5.54 Å². The van der Waals surface area contributed by atoms with Gasteiger partial charge in [-0.25, -0.2) is 0 Å². The van der Waals surface area contributed by atoms with Gasteiger partial charge in [-0.15, -0.1) is 0 Å². The quantitative estimate of drug-likeness (QED) is 0.833. The molecule has 1 aliphatic heterocycles. The average Bonchev–Trinajstić information content (AvgIpc) is 3.36. The van der Waals surface area contributed by atoms with E-state index in [-0.39, 0.29) is 5.91 Å². The minimum absolute atomic E-state index is 0.163. The highest BCUT2D eigenvalue weighted by Gasteiger charge is 2.48. The van der Waals surface area contributed by atoms with Crippen molar-refractivity contribution in [2.75, 3.05) is 39.3 Å². The predicted molar refractivity (Wildman–Crippen MR) is 106 cm³/mol. The van der Waals surface area contributed by atoms with Crippen molar-refractivity contribution in [3.05, 3.63) is 53.9 Å². The number of carbonyl (C=O) groups is 1. The van der Waals surface area contributed by atoms with Crippen LogP contribution in [-0.2, 0) is 24.2 Å². The van der Waals surface area contributed by atoms with E-state index in [1.54, 1.807) is 6.20 Å². The summed E-state index contributed by atoms with van der Waals surface area (Å²) in [5.41, 5.74) is 2.18. The Morgan fingerprint density at radius 1 is 1.11 bits per heavy atom. The summed E-state index contributed by atoms with van der Waals surface area (Å²) in [5.74, 6) is 0.163. The van der Waals surface area contributed by atoms with Crippen molar-refractivity contribution < 1.29 is 4.79 Å². The number of likely N-dealkylation sites (N-methyl/N-ethyl adjacent to an activating group) is 1. The molecule has 1 aliphatic carbocycles. The molecule has 2 heterocycles. The van der Waals surface area contributed by atoms with Crippen molar-refractivity contribution in [1.82, 2.24) is 24.9 Å². The van der Waals surface area contributed by atoms with Crippen molar-refractivity contribution in [2.45, 2.75) is 31.8 Å². The molecule has 1 amide bonds. The van der Waals surface area contributed by atoms with Crippen LogP contribution in [0.2, 0.25) is 0 Å². The van der Waals surface area contributed by atoms with Gasteiger partial charge in [0.25, 0.3) is 0 Å². The zero-order valence-electron chi connectivity index (χ0n) is 16.1. The molecule has 0 unspecified atom stereocenters. The normalized spacial score (nSPS) is 19.7. The van der Waals surface area contributed by atoms with Gasteiger partial charge in [-0.3, -0.25) is 14.4 Å². The summed E-state index contributed by atoms with van der Waals surface area (Å²) in [7, 11) is 0. The number of amides is 1. The first kappa shape index (κ1) is 18.2.